The first-order valence-electron chi connectivity index (χ1n) is 5.72. The number of carbonyl (C=O) groups excluding carboxylic acids is 1. The Labute approximate surface area is 122 Å². The highest BCUT2D eigenvalue weighted by Gasteiger charge is 2.60. The van der Waals surface area contributed by atoms with Gasteiger partial charge in [-0.05, 0) is 29.5 Å². The van der Waals surface area contributed by atoms with E-state index in [1.165, 1.54) is 11.8 Å². The topological polar surface area (TPSA) is 17.1 Å². The average Bonchev–Trinajstić information content (AvgIpc) is 2.80. The molecule has 1 aromatic carbocycles. The Bertz CT molecular complexity index is 478. The van der Waals surface area contributed by atoms with E-state index in [0.717, 1.165) is 4.90 Å². The predicted octanol–water partition coefficient (Wildman–Crippen LogP) is 4.90. The van der Waals surface area contributed by atoms with Crippen LogP contribution >= 0.6 is 35.0 Å². The van der Waals surface area contributed by atoms with Crippen LogP contribution in [-0.4, -0.2) is 5.12 Å². The van der Waals surface area contributed by atoms with Crippen LogP contribution in [-0.2, 0) is 4.79 Å². The average molecular weight is 301 g/mol. The summed E-state index contributed by atoms with van der Waals surface area (Å²) < 4.78 is 0.244. The van der Waals surface area contributed by atoms with Crippen molar-refractivity contribution in [3.63, 3.8) is 0 Å². The van der Waals surface area contributed by atoms with Crippen LogP contribution in [0.3, 0.4) is 0 Å². The van der Waals surface area contributed by atoms with Crippen molar-refractivity contribution in [2.45, 2.75) is 18.7 Å². The molecule has 0 aliphatic heterocycles. The van der Waals surface area contributed by atoms with Crippen LogP contribution in [0, 0.1) is 17.3 Å². The highest BCUT2D eigenvalue weighted by atomic mass is 35.5. The standard InChI is InChI=1S/C14H14Cl2OS/c1-14(2)10(8-11(15)16)12(14)13(17)18-9-6-4-3-5-7-9/h3-8,10,12H,1-2H3/t10-,12+/m0/s1. The molecule has 0 saturated heterocycles. The van der Waals surface area contributed by atoms with Gasteiger partial charge in [-0.25, -0.2) is 0 Å². The summed E-state index contributed by atoms with van der Waals surface area (Å²) in [5.74, 6) is 0.140. The van der Waals surface area contributed by atoms with Crippen molar-refractivity contribution < 1.29 is 4.79 Å². The van der Waals surface area contributed by atoms with Gasteiger partial charge in [-0.3, -0.25) is 4.79 Å². The van der Waals surface area contributed by atoms with Gasteiger partial charge in [0.05, 0.1) is 0 Å². The van der Waals surface area contributed by atoms with Crippen molar-refractivity contribution in [3.8, 4) is 0 Å². The lowest BCUT2D eigenvalue weighted by Gasteiger charge is -2.01. The highest BCUT2D eigenvalue weighted by Crippen LogP contribution is 2.61. The second-order valence-electron chi connectivity index (χ2n) is 5.02. The summed E-state index contributed by atoms with van der Waals surface area (Å²) in [4.78, 5) is 13.2. The Morgan fingerprint density at radius 2 is 1.89 bits per heavy atom. The first kappa shape index (κ1) is 14.0. The molecule has 0 bridgehead atoms. The van der Waals surface area contributed by atoms with Gasteiger partial charge in [-0.2, -0.15) is 0 Å². The van der Waals surface area contributed by atoms with E-state index in [2.05, 4.69) is 13.8 Å². The van der Waals surface area contributed by atoms with Crippen LogP contribution in [0.15, 0.2) is 45.8 Å². The predicted molar refractivity (Wildman–Crippen MR) is 77.9 cm³/mol. The number of benzene rings is 1. The molecule has 4 heteroatoms. The molecule has 0 unspecified atom stereocenters. The number of thioether (sulfide) groups is 1. The molecule has 2 rings (SSSR count). The quantitative estimate of drug-likeness (QED) is 0.739. The molecular formula is C14H14Cl2OS. The molecule has 18 heavy (non-hydrogen) atoms. The summed E-state index contributed by atoms with van der Waals surface area (Å²) >= 11 is 12.7. The fourth-order valence-corrected chi connectivity index (χ4v) is 3.62. The fourth-order valence-electron chi connectivity index (χ4n) is 2.24. The lowest BCUT2D eigenvalue weighted by Crippen LogP contribution is -2.00. The molecule has 2 atom stereocenters. The second kappa shape index (κ2) is 5.28. The van der Waals surface area contributed by atoms with Crippen LogP contribution < -0.4 is 0 Å². The van der Waals surface area contributed by atoms with Crippen LogP contribution in [0.4, 0.5) is 0 Å². The molecule has 0 N–H and O–H groups in total. The maximum atomic E-state index is 12.2. The number of hydrogen-bond donors (Lipinski definition) is 0. The summed E-state index contributed by atoms with van der Waals surface area (Å²) in [5.41, 5.74) is -0.0477. The SMILES string of the molecule is CC1(C)[C@@H](C=C(Cl)Cl)[C@@H]1C(=O)Sc1ccccc1. The first-order valence-corrected chi connectivity index (χ1v) is 7.29. The molecule has 96 valence electrons. The zero-order chi connectivity index (χ0) is 13.3. The Kier molecular flexibility index (Phi) is 4.10. The van der Waals surface area contributed by atoms with E-state index in [1.54, 1.807) is 6.08 Å². The minimum atomic E-state index is -0.0477. The number of hydrogen-bond acceptors (Lipinski definition) is 2. The summed E-state index contributed by atoms with van der Waals surface area (Å²) in [6.45, 7) is 4.14. The Morgan fingerprint density at radius 1 is 1.28 bits per heavy atom. The van der Waals surface area contributed by atoms with Crippen molar-refractivity contribution in [2.24, 2.45) is 17.3 Å². The molecule has 1 aromatic rings. The van der Waals surface area contributed by atoms with Gasteiger partial charge in [0.2, 0.25) is 0 Å². The Morgan fingerprint density at radius 3 is 2.44 bits per heavy atom. The number of carbonyl (C=O) groups is 1. The molecule has 1 nitrogen and oxygen atoms in total. The van der Waals surface area contributed by atoms with Crippen LogP contribution in [0.5, 0.6) is 0 Å². The lowest BCUT2D eigenvalue weighted by atomic mass is 10.1. The normalized spacial score (nSPS) is 24.4. The van der Waals surface area contributed by atoms with Gasteiger partial charge in [0, 0.05) is 10.8 Å². The summed E-state index contributed by atoms with van der Waals surface area (Å²) in [7, 11) is 0. The molecule has 0 radical (unpaired) electrons. The van der Waals surface area contributed by atoms with Gasteiger partial charge in [0.15, 0.2) is 5.12 Å². The zero-order valence-corrected chi connectivity index (χ0v) is 12.5. The minimum absolute atomic E-state index is 0.00444. The number of halogens is 2. The monoisotopic (exact) mass is 300 g/mol. The highest BCUT2D eigenvalue weighted by molar-refractivity contribution is 8.13. The van der Waals surface area contributed by atoms with Crippen molar-refractivity contribution in [3.05, 3.63) is 40.9 Å². The van der Waals surface area contributed by atoms with E-state index in [1.807, 2.05) is 30.3 Å². The van der Waals surface area contributed by atoms with Crippen molar-refractivity contribution in [2.75, 3.05) is 0 Å². The third kappa shape index (κ3) is 2.93. The first-order chi connectivity index (χ1) is 8.43. The summed E-state index contributed by atoms with van der Waals surface area (Å²) in [6.07, 6.45) is 1.78. The van der Waals surface area contributed by atoms with E-state index in [0.29, 0.717) is 0 Å². The summed E-state index contributed by atoms with van der Waals surface area (Å²) in [6, 6.07) is 9.68. The third-order valence-corrected chi connectivity index (χ3v) is 4.65. The molecule has 0 aromatic heterocycles. The molecule has 1 aliphatic carbocycles. The fraction of sp³-hybridized carbons (Fsp3) is 0.357. The molecule has 1 aliphatic rings. The van der Waals surface area contributed by atoms with Gasteiger partial charge < -0.3 is 0 Å². The van der Waals surface area contributed by atoms with Crippen molar-refractivity contribution in [1.29, 1.82) is 0 Å². The van der Waals surface area contributed by atoms with Crippen molar-refractivity contribution in [1.82, 2.24) is 0 Å². The van der Waals surface area contributed by atoms with Gasteiger partial charge in [-0.1, -0.05) is 67.0 Å². The van der Waals surface area contributed by atoms with E-state index in [9.17, 15) is 4.79 Å². The molecule has 0 spiro atoms. The lowest BCUT2D eigenvalue weighted by molar-refractivity contribution is -0.112. The zero-order valence-electron chi connectivity index (χ0n) is 10.2. The van der Waals surface area contributed by atoms with Crippen molar-refractivity contribution >= 4 is 40.1 Å². The molecular weight excluding hydrogens is 287 g/mol. The molecule has 0 heterocycles. The summed E-state index contributed by atoms with van der Waals surface area (Å²) in [5, 5.41) is 0.182. The van der Waals surface area contributed by atoms with Gasteiger partial charge in [0.25, 0.3) is 0 Å². The molecule has 1 fully saturated rings. The molecule has 0 amide bonds. The number of allylic oxidation sites excluding steroid dienone is 1. The van der Waals surface area contributed by atoms with E-state index >= 15 is 0 Å². The Hall–Kier alpha value is -0.440. The third-order valence-electron chi connectivity index (χ3n) is 3.43. The smallest absolute Gasteiger partial charge is 0.197 e. The van der Waals surface area contributed by atoms with Crippen LogP contribution in [0.2, 0.25) is 0 Å². The number of rotatable bonds is 3. The van der Waals surface area contributed by atoms with Crippen LogP contribution in [0.1, 0.15) is 13.8 Å². The van der Waals surface area contributed by atoms with E-state index < -0.39 is 0 Å². The molecule has 1 saturated carbocycles. The van der Waals surface area contributed by atoms with E-state index in [4.69, 9.17) is 23.2 Å². The van der Waals surface area contributed by atoms with E-state index in [-0.39, 0.29) is 26.9 Å². The van der Waals surface area contributed by atoms with Gasteiger partial charge in [-0.15, -0.1) is 0 Å². The largest absolute Gasteiger partial charge is 0.286 e. The second-order valence-corrected chi connectivity index (χ2v) is 7.10. The Balaban J connectivity index is 2.05. The maximum Gasteiger partial charge on any atom is 0.197 e. The van der Waals surface area contributed by atoms with Gasteiger partial charge in [0.1, 0.15) is 4.49 Å². The minimum Gasteiger partial charge on any atom is -0.286 e. The van der Waals surface area contributed by atoms with Crippen LogP contribution in [0.25, 0.3) is 0 Å². The van der Waals surface area contributed by atoms with Gasteiger partial charge >= 0.3 is 0 Å². The maximum absolute atomic E-state index is 12.2.